The van der Waals surface area contributed by atoms with E-state index < -0.39 is 11.8 Å². The summed E-state index contributed by atoms with van der Waals surface area (Å²) in [6, 6.07) is 18.3. The van der Waals surface area contributed by atoms with Crippen LogP contribution in [0.1, 0.15) is 17.3 Å². The summed E-state index contributed by atoms with van der Waals surface area (Å²) < 4.78 is 16.1. The van der Waals surface area contributed by atoms with Crippen molar-refractivity contribution in [2.24, 2.45) is 0 Å². The Bertz CT molecular complexity index is 1400. The number of para-hydroxylation sites is 2. The van der Waals surface area contributed by atoms with Gasteiger partial charge in [0.25, 0.3) is 17.7 Å². The average molecular weight is 522 g/mol. The molecule has 10 heteroatoms. The number of carbonyl (C=O) groups is 3. The number of ether oxygens (including phenoxy) is 3. The van der Waals surface area contributed by atoms with E-state index in [1.54, 1.807) is 54.6 Å². The molecule has 0 saturated carbocycles. The first-order valence-corrected chi connectivity index (χ1v) is 11.7. The van der Waals surface area contributed by atoms with Gasteiger partial charge in [0.2, 0.25) is 0 Å². The minimum atomic E-state index is -0.720. The van der Waals surface area contributed by atoms with Crippen molar-refractivity contribution in [1.29, 1.82) is 0 Å². The van der Waals surface area contributed by atoms with Gasteiger partial charge in [0.15, 0.2) is 0 Å². The van der Waals surface area contributed by atoms with Gasteiger partial charge in [0, 0.05) is 17.3 Å². The molecule has 0 bridgehead atoms. The standard InChI is InChI=1S/C27H24ClN3O6/c1-4-37-21-11-6-5-10-19(21)30-25(32)16-8-7-9-17(14-16)29-24-23(28)26(33)31(27(24)34)20-15-18(35-2)12-13-22(20)36-3/h5-15,29H,4H2,1-3H3,(H,30,32). The first-order valence-electron chi connectivity index (χ1n) is 11.3. The molecule has 9 nitrogen and oxygen atoms in total. The van der Waals surface area contributed by atoms with Crippen LogP contribution in [0.4, 0.5) is 17.1 Å². The van der Waals surface area contributed by atoms with Gasteiger partial charge in [-0.3, -0.25) is 14.4 Å². The van der Waals surface area contributed by atoms with Crippen molar-refractivity contribution in [2.45, 2.75) is 6.92 Å². The maximum atomic E-state index is 13.3. The van der Waals surface area contributed by atoms with Crippen LogP contribution < -0.4 is 29.7 Å². The van der Waals surface area contributed by atoms with Crippen LogP contribution in [0.3, 0.4) is 0 Å². The van der Waals surface area contributed by atoms with Gasteiger partial charge in [-0.05, 0) is 49.4 Å². The topological polar surface area (TPSA) is 106 Å². The van der Waals surface area contributed by atoms with Crippen LogP contribution in [0.25, 0.3) is 0 Å². The van der Waals surface area contributed by atoms with Crippen LogP contribution in [0.5, 0.6) is 17.2 Å². The lowest BCUT2D eigenvalue weighted by atomic mass is 10.1. The summed E-state index contributed by atoms with van der Waals surface area (Å²) in [6.45, 7) is 2.31. The number of rotatable bonds is 9. The Hall–Kier alpha value is -4.50. The second-order valence-corrected chi connectivity index (χ2v) is 8.14. The van der Waals surface area contributed by atoms with E-state index in [1.165, 1.54) is 20.3 Å². The summed E-state index contributed by atoms with van der Waals surface area (Å²) in [5.74, 6) is -0.512. The molecule has 1 aliphatic heterocycles. The van der Waals surface area contributed by atoms with Crippen molar-refractivity contribution >= 4 is 46.4 Å². The molecular weight excluding hydrogens is 498 g/mol. The number of methoxy groups -OCH3 is 2. The quantitative estimate of drug-likeness (QED) is 0.390. The van der Waals surface area contributed by atoms with Gasteiger partial charge in [-0.2, -0.15) is 0 Å². The molecule has 0 aliphatic carbocycles. The predicted molar refractivity (Wildman–Crippen MR) is 141 cm³/mol. The number of hydrogen-bond donors (Lipinski definition) is 2. The Morgan fingerprint density at radius 1 is 0.919 bits per heavy atom. The van der Waals surface area contributed by atoms with Crippen LogP contribution in [-0.2, 0) is 9.59 Å². The van der Waals surface area contributed by atoms with E-state index in [0.717, 1.165) is 4.90 Å². The number of benzene rings is 3. The van der Waals surface area contributed by atoms with Gasteiger partial charge in [-0.15, -0.1) is 0 Å². The summed E-state index contributed by atoms with van der Waals surface area (Å²) in [7, 11) is 2.89. The number of imide groups is 1. The second kappa shape index (κ2) is 11.0. The molecule has 190 valence electrons. The fourth-order valence-corrected chi connectivity index (χ4v) is 3.94. The molecule has 0 atom stereocenters. The van der Waals surface area contributed by atoms with Gasteiger partial charge < -0.3 is 24.8 Å². The summed E-state index contributed by atoms with van der Waals surface area (Å²) in [6.07, 6.45) is 0. The highest BCUT2D eigenvalue weighted by Gasteiger charge is 2.40. The second-order valence-electron chi connectivity index (χ2n) is 7.76. The fraction of sp³-hybridized carbons (Fsp3) is 0.148. The molecule has 4 rings (SSSR count). The van der Waals surface area contributed by atoms with Gasteiger partial charge in [0.1, 0.15) is 28.0 Å². The van der Waals surface area contributed by atoms with E-state index in [1.807, 2.05) is 13.0 Å². The molecule has 0 spiro atoms. The van der Waals surface area contributed by atoms with Crippen molar-refractivity contribution in [3.63, 3.8) is 0 Å². The third kappa shape index (κ3) is 5.22. The van der Waals surface area contributed by atoms with E-state index >= 15 is 0 Å². The third-order valence-corrected chi connectivity index (χ3v) is 5.83. The van der Waals surface area contributed by atoms with Crippen molar-refractivity contribution in [2.75, 3.05) is 36.4 Å². The molecule has 1 aliphatic rings. The normalized spacial score (nSPS) is 13.0. The van der Waals surface area contributed by atoms with Gasteiger partial charge in [-0.25, -0.2) is 4.90 Å². The number of nitrogens with zero attached hydrogens (tertiary/aromatic N) is 1. The van der Waals surface area contributed by atoms with Crippen LogP contribution in [-0.4, -0.2) is 38.5 Å². The van der Waals surface area contributed by atoms with Gasteiger partial charge in [-0.1, -0.05) is 29.8 Å². The van der Waals surface area contributed by atoms with E-state index in [2.05, 4.69) is 10.6 Å². The Morgan fingerprint density at radius 2 is 1.70 bits per heavy atom. The van der Waals surface area contributed by atoms with Gasteiger partial charge >= 0.3 is 0 Å². The average Bonchev–Trinajstić information content (AvgIpc) is 3.12. The van der Waals surface area contributed by atoms with Crippen LogP contribution in [0.15, 0.2) is 77.5 Å². The Kier molecular flexibility index (Phi) is 7.64. The molecule has 37 heavy (non-hydrogen) atoms. The van der Waals surface area contributed by atoms with Crippen LogP contribution in [0.2, 0.25) is 0 Å². The number of amides is 3. The number of nitrogens with one attached hydrogen (secondary N) is 2. The summed E-state index contributed by atoms with van der Waals surface area (Å²) in [5, 5.41) is 5.41. The molecule has 3 aromatic carbocycles. The number of anilines is 3. The highest BCUT2D eigenvalue weighted by atomic mass is 35.5. The minimum Gasteiger partial charge on any atom is -0.497 e. The molecule has 3 amide bonds. The largest absolute Gasteiger partial charge is 0.497 e. The molecule has 2 N–H and O–H groups in total. The van der Waals surface area contributed by atoms with Crippen molar-refractivity contribution < 1.29 is 28.6 Å². The molecule has 0 aromatic heterocycles. The first-order chi connectivity index (χ1) is 17.9. The minimum absolute atomic E-state index is 0.129. The smallest absolute Gasteiger partial charge is 0.283 e. The molecular formula is C27H24ClN3O6. The lowest BCUT2D eigenvalue weighted by molar-refractivity contribution is -0.120. The third-order valence-electron chi connectivity index (χ3n) is 5.48. The predicted octanol–water partition coefficient (Wildman–Crippen LogP) is 4.79. The summed E-state index contributed by atoms with van der Waals surface area (Å²) in [5.41, 5.74) is 1.29. The molecule has 0 radical (unpaired) electrons. The zero-order valence-electron chi connectivity index (χ0n) is 20.3. The monoisotopic (exact) mass is 521 g/mol. The van der Waals surface area contributed by atoms with Crippen LogP contribution >= 0.6 is 11.6 Å². The maximum Gasteiger partial charge on any atom is 0.283 e. The van der Waals surface area contributed by atoms with E-state index in [0.29, 0.717) is 40.8 Å². The van der Waals surface area contributed by atoms with E-state index in [4.69, 9.17) is 25.8 Å². The summed E-state index contributed by atoms with van der Waals surface area (Å²) in [4.78, 5) is 40.1. The molecule has 0 saturated heterocycles. The van der Waals surface area contributed by atoms with E-state index in [9.17, 15) is 14.4 Å². The van der Waals surface area contributed by atoms with Gasteiger partial charge in [0.05, 0.1) is 32.2 Å². The van der Waals surface area contributed by atoms with Crippen molar-refractivity contribution in [3.8, 4) is 17.2 Å². The lowest BCUT2D eigenvalue weighted by Gasteiger charge is -2.19. The SMILES string of the molecule is CCOc1ccccc1NC(=O)c1cccc(NC2=C(Cl)C(=O)N(c3cc(OC)ccc3OC)C2=O)c1. The van der Waals surface area contributed by atoms with E-state index in [-0.39, 0.29) is 22.3 Å². The van der Waals surface area contributed by atoms with Crippen LogP contribution in [0, 0.1) is 0 Å². The first kappa shape index (κ1) is 25.6. The maximum absolute atomic E-state index is 13.3. The van der Waals surface area contributed by atoms with Crippen molar-refractivity contribution in [3.05, 3.63) is 83.0 Å². The molecule has 0 unspecified atom stereocenters. The number of carbonyl (C=O) groups excluding carboxylic acids is 3. The Morgan fingerprint density at radius 3 is 2.43 bits per heavy atom. The van der Waals surface area contributed by atoms with Crippen molar-refractivity contribution in [1.82, 2.24) is 0 Å². The highest BCUT2D eigenvalue weighted by Crippen LogP contribution is 2.38. The molecule has 0 fully saturated rings. The Labute approximate surface area is 218 Å². The summed E-state index contributed by atoms with van der Waals surface area (Å²) >= 11 is 6.28. The fourth-order valence-electron chi connectivity index (χ4n) is 3.73. The highest BCUT2D eigenvalue weighted by molar-refractivity contribution is 6.53. The zero-order valence-corrected chi connectivity index (χ0v) is 21.1. The Balaban J connectivity index is 1.57. The lowest BCUT2D eigenvalue weighted by Crippen LogP contribution is -2.32. The molecule has 3 aromatic rings. The number of halogens is 1. The molecule has 1 heterocycles. The number of hydrogen-bond acceptors (Lipinski definition) is 7. The zero-order chi connectivity index (χ0) is 26.5.